The van der Waals surface area contributed by atoms with E-state index >= 15 is 0 Å². The van der Waals surface area contributed by atoms with E-state index in [9.17, 15) is 8.42 Å². The minimum atomic E-state index is -3.31. The van der Waals surface area contributed by atoms with E-state index in [1.54, 1.807) is 20.8 Å². The van der Waals surface area contributed by atoms with Gasteiger partial charge in [-0.2, -0.15) is 0 Å². The van der Waals surface area contributed by atoms with Crippen LogP contribution in [0.15, 0.2) is 23.1 Å². The van der Waals surface area contributed by atoms with E-state index in [4.69, 9.17) is 11.6 Å². The molecule has 0 saturated heterocycles. The molecule has 0 amide bonds. The van der Waals surface area contributed by atoms with Crippen molar-refractivity contribution in [1.82, 2.24) is 0 Å². The first-order valence-corrected chi connectivity index (χ1v) is 6.02. The molecule has 0 fully saturated rings. The van der Waals surface area contributed by atoms with Gasteiger partial charge in [-0.1, -0.05) is 11.6 Å². The monoisotopic (exact) mass is 231 g/mol. The number of sulfone groups is 1. The second kappa shape index (κ2) is 3.55. The van der Waals surface area contributed by atoms with Crippen LogP contribution in [0.25, 0.3) is 0 Å². The SMILES string of the molecule is CC(C)(C)S(=O)(=O)c1c[c]cc(Cl)c1. The largest absolute Gasteiger partial charge is 0.223 e. The summed E-state index contributed by atoms with van der Waals surface area (Å²) >= 11 is 5.71. The molecule has 0 heterocycles. The quantitative estimate of drug-likeness (QED) is 0.745. The van der Waals surface area contributed by atoms with Gasteiger partial charge in [0.2, 0.25) is 0 Å². The molecule has 1 radical (unpaired) electrons. The summed E-state index contributed by atoms with van der Waals surface area (Å²) in [6.07, 6.45) is 0. The third-order valence-corrected chi connectivity index (χ3v) is 4.53. The third-order valence-electron chi connectivity index (χ3n) is 1.84. The number of halogens is 1. The Morgan fingerprint density at radius 2 is 1.86 bits per heavy atom. The molecule has 0 aliphatic rings. The molecule has 0 bridgehead atoms. The minimum absolute atomic E-state index is 0.220. The summed E-state index contributed by atoms with van der Waals surface area (Å²) in [5.74, 6) is 0. The highest BCUT2D eigenvalue weighted by molar-refractivity contribution is 7.92. The molecule has 1 rings (SSSR count). The van der Waals surface area contributed by atoms with Gasteiger partial charge in [0.1, 0.15) is 0 Å². The van der Waals surface area contributed by atoms with Gasteiger partial charge in [-0.25, -0.2) is 8.42 Å². The Labute approximate surface area is 89.8 Å². The van der Waals surface area contributed by atoms with Crippen LogP contribution >= 0.6 is 11.6 Å². The van der Waals surface area contributed by atoms with E-state index in [1.807, 2.05) is 0 Å². The molecule has 0 aliphatic carbocycles. The molecule has 0 aliphatic heterocycles. The van der Waals surface area contributed by atoms with Gasteiger partial charge in [0.05, 0.1) is 9.64 Å². The average molecular weight is 232 g/mol. The van der Waals surface area contributed by atoms with Crippen LogP contribution in [0.5, 0.6) is 0 Å². The summed E-state index contributed by atoms with van der Waals surface area (Å²) in [4.78, 5) is 0.220. The zero-order valence-electron chi connectivity index (χ0n) is 8.33. The first kappa shape index (κ1) is 11.5. The molecule has 0 aromatic heterocycles. The zero-order chi connectivity index (χ0) is 11.0. The van der Waals surface area contributed by atoms with Crippen LogP contribution in [0, 0.1) is 6.07 Å². The molecule has 14 heavy (non-hydrogen) atoms. The third kappa shape index (κ3) is 2.10. The van der Waals surface area contributed by atoms with Crippen LogP contribution in [0.1, 0.15) is 20.8 Å². The summed E-state index contributed by atoms with van der Waals surface area (Å²) in [5.41, 5.74) is 0. The predicted molar refractivity (Wildman–Crippen MR) is 57.2 cm³/mol. The molecule has 77 valence electrons. The molecule has 1 aromatic carbocycles. The van der Waals surface area contributed by atoms with Gasteiger partial charge in [0, 0.05) is 5.02 Å². The Kier molecular flexibility index (Phi) is 2.93. The van der Waals surface area contributed by atoms with Gasteiger partial charge in [-0.05, 0) is 45.0 Å². The average Bonchev–Trinajstić information content (AvgIpc) is 2.02. The summed E-state index contributed by atoms with van der Waals surface area (Å²) < 4.78 is 23.0. The van der Waals surface area contributed by atoms with Crippen molar-refractivity contribution in [3.05, 3.63) is 29.3 Å². The second-order valence-corrected chi connectivity index (χ2v) is 7.14. The van der Waals surface area contributed by atoms with Crippen molar-refractivity contribution in [1.29, 1.82) is 0 Å². The normalized spacial score (nSPS) is 12.9. The van der Waals surface area contributed by atoms with Gasteiger partial charge < -0.3 is 0 Å². The highest BCUT2D eigenvalue weighted by Gasteiger charge is 2.30. The van der Waals surface area contributed by atoms with E-state index in [0.29, 0.717) is 5.02 Å². The lowest BCUT2D eigenvalue weighted by Crippen LogP contribution is -2.27. The molecule has 0 spiro atoms. The van der Waals surface area contributed by atoms with Crippen LogP contribution in [-0.2, 0) is 9.84 Å². The fourth-order valence-electron chi connectivity index (χ4n) is 0.931. The van der Waals surface area contributed by atoms with Crippen molar-refractivity contribution < 1.29 is 8.42 Å². The van der Waals surface area contributed by atoms with Crippen molar-refractivity contribution in [3.63, 3.8) is 0 Å². The fourth-order valence-corrected chi connectivity index (χ4v) is 2.39. The standard InChI is InChI=1S/C10H12ClO2S/c1-10(2,3)14(12,13)9-6-4-5-8(11)7-9/h5-7H,1-3H3. The van der Waals surface area contributed by atoms with E-state index < -0.39 is 14.6 Å². The van der Waals surface area contributed by atoms with Crippen molar-refractivity contribution in [2.75, 3.05) is 0 Å². The van der Waals surface area contributed by atoms with E-state index in [-0.39, 0.29) is 4.90 Å². The zero-order valence-corrected chi connectivity index (χ0v) is 9.91. The van der Waals surface area contributed by atoms with Crippen LogP contribution in [-0.4, -0.2) is 13.2 Å². The predicted octanol–water partition coefficient (Wildman–Crippen LogP) is 2.71. The van der Waals surface area contributed by atoms with Crippen LogP contribution in [0.2, 0.25) is 5.02 Å². The summed E-state index contributed by atoms with van der Waals surface area (Å²) in [7, 11) is -3.31. The van der Waals surface area contributed by atoms with Crippen LogP contribution in [0.3, 0.4) is 0 Å². The van der Waals surface area contributed by atoms with Crippen molar-refractivity contribution >= 4 is 21.4 Å². The molecule has 0 saturated carbocycles. The number of hydrogen-bond donors (Lipinski definition) is 0. The van der Waals surface area contributed by atoms with Gasteiger partial charge in [-0.15, -0.1) is 0 Å². The van der Waals surface area contributed by atoms with Crippen molar-refractivity contribution in [2.24, 2.45) is 0 Å². The molecule has 1 aromatic rings. The van der Waals surface area contributed by atoms with Crippen LogP contribution in [0.4, 0.5) is 0 Å². The topological polar surface area (TPSA) is 34.1 Å². The Hall–Kier alpha value is -0.540. The van der Waals surface area contributed by atoms with Crippen molar-refractivity contribution in [3.8, 4) is 0 Å². The Bertz CT molecular complexity index is 430. The molecule has 0 atom stereocenters. The number of hydrogen-bond acceptors (Lipinski definition) is 2. The highest BCUT2D eigenvalue weighted by Crippen LogP contribution is 2.26. The Morgan fingerprint density at radius 3 is 2.29 bits per heavy atom. The molecule has 2 nitrogen and oxygen atoms in total. The minimum Gasteiger partial charge on any atom is -0.223 e. The maximum atomic E-state index is 11.9. The van der Waals surface area contributed by atoms with Gasteiger partial charge in [0.25, 0.3) is 0 Å². The lowest BCUT2D eigenvalue weighted by Gasteiger charge is -2.19. The summed E-state index contributed by atoms with van der Waals surface area (Å²) in [5, 5.41) is 0.385. The summed E-state index contributed by atoms with van der Waals surface area (Å²) in [6.45, 7) is 4.97. The molecular formula is C10H12ClO2S. The Morgan fingerprint density at radius 1 is 1.29 bits per heavy atom. The molecule has 0 unspecified atom stereocenters. The van der Waals surface area contributed by atoms with Crippen molar-refractivity contribution in [2.45, 2.75) is 30.4 Å². The molecule has 4 heteroatoms. The maximum absolute atomic E-state index is 11.9. The maximum Gasteiger partial charge on any atom is 0.183 e. The molecular weight excluding hydrogens is 220 g/mol. The first-order chi connectivity index (χ1) is 6.25. The van der Waals surface area contributed by atoms with E-state index in [2.05, 4.69) is 6.07 Å². The second-order valence-electron chi connectivity index (χ2n) is 4.00. The number of rotatable bonds is 1. The first-order valence-electron chi connectivity index (χ1n) is 4.16. The van der Waals surface area contributed by atoms with Gasteiger partial charge in [0.15, 0.2) is 9.84 Å². The highest BCUT2D eigenvalue weighted by atomic mass is 35.5. The lowest BCUT2D eigenvalue weighted by molar-refractivity contribution is 0.560. The lowest BCUT2D eigenvalue weighted by atomic mass is 10.3. The van der Waals surface area contributed by atoms with E-state index in [0.717, 1.165) is 0 Å². The van der Waals surface area contributed by atoms with Gasteiger partial charge >= 0.3 is 0 Å². The fraction of sp³-hybridized carbons (Fsp3) is 0.400. The molecule has 0 N–H and O–H groups in total. The van der Waals surface area contributed by atoms with E-state index in [1.165, 1.54) is 18.2 Å². The van der Waals surface area contributed by atoms with Gasteiger partial charge in [-0.3, -0.25) is 0 Å². The summed E-state index contributed by atoms with van der Waals surface area (Å²) in [6, 6.07) is 7.11. The smallest absolute Gasteiger partial charge is 0.183 e. The van der Waals surface area contributed by atoms with Crippen LogP contribution < -0.4 is 0 Å². The Balaban J connectivity index is 3.32. The number of benzene rings is 1.